The van der Waals surface area contributed by atoms with E-state index >= 15 is 0 Å². The van der Waals surface area contributed by atoms with Gasteiger partial charge in [0.15, 0.2) is 5.78 Å². The van der Waals surface area contributed by atoms with E-state index in [0.29, 0.717) is 9.90 Å². The number of halogens is 2. The number of hydrogen-bond acceptors (Lipinski definition) is 2. The minimum atomic E-state index is -0.720. The van der Waals surface area contributed by atoms with Gasteiger partial charge in [0.05, 0.1) is 15.3 Å². The maximum atomic E-state index is 12.9. The molecule has 0 aliphatic carbocycles. The number of benzene rings is 1. The van der Waals surface area contributed by atoms with Crippen molar-refractivity contribution in [3.8, 4) is 0 Å². The smallest absolute Gasteiger partial charge is 0.184 e. The number of carbonyl (C=O) groups excluding carboxylic acids is 1. The lowest BCUT2D eigenvalue weighted by molar-refractivity contribution is 0.0913. The fraction of sp³-hybridized carbons (Fsp3) is 0.214. The molecular weight excluding hydrogens is 271 g/mol. The average Bonchev–Trinajstić information content (AvgIpc) is 2.75. The minimum absolute atomic E-state index is 0.0471. The molecule has 0 radical (unpaired) electrons. The summed E-state index contributed by atoms with van der Waals surface area (Å²) in [7, 11) is 0. The number of rotatable bonds is 3. The summed E-state index contributed by atoms with van der Waals surface area (Å²) in [6, 6.07) is 7.70. The van der Waals surface area contributed by atoms with Crippen molar-refractivity contribution < 1.29 is 9.18 Å². The fourth-order valence-corrected chi connectivity index (χ4v) is 2.98. The van der Waals surface area contributed by atoms with E-state index in [1.54, 1.807) is 23.6 Å². The molecule has 18 heavy (non-hydrogen) atoms. The summed E-state index contributed by atoms with van der Waals surface area (Å²) in [6.45, 7) is 3.64. The van der Waals surface area contributed by atoms with Crippen LogP contribution in [0.3, 0.4) is 0 Å². The van der Waals surface area contributed by atoms with E-state index in [4.69, 9.17) is 11.6 Å². The third-order valence-corrected chi connectivity index (χ3v) is 4.30. The van der Waals surface area contributed by atoms with Gasteiger partial charge in [-0.2, -0.15) is 0 Å². The van der Waals surface area contributed by atoms with E-state index in [9.17, 15) is 9.18 Å². The Bertz CT molecular complexity index is 572. The second kappa shape index (κ2) is 4.82. The van der Waals surface area contributed by atoms with E-state index in [1.165, 1.54) is 23.5 Å². The van der Waals surface area contributed by atoms with E-state index in [0.717, 1.165) is 5.56 Å². The predicted molar refractivity (Wildman–Crippen MR) is 73.1 cm³/mol. The van der Waals surface area contributed by atoms with Crippen LogP contribution in [0.25, 0.3) is 0 Å². The zero-order valence-electron chi connectivity index (χ0n) is 10.0. The molecule has 1 aromatic heterocycles. The van der Waals surface area contributed by atoms with Crippen molar-refractivity contribution in [3.05, 3.63) is 57.0 Å². The molecule has 0 bridgehead atoms. The van der Waals surface area contributed by atoms with Gasteiger partial charge in [-0.3, -0.25) is 4.79 Å². The molecule has 0 atom stereocenters. The Hall–Kier alpha value is -1.19. The quantitative estimate of drug-likeness (QED) is 0.746. The van der Waals surface area contributed by atoms with Gasteiger partial charge < -0.3 is 0 Å². The molecule has 0 aliphatic heterocycles. The number of ketones is 1. The van der Waals surface area contributed by atoms with Gasteiger partial charge in [0.1, 0.15) is 5.82 Å². The second-order valence-corrected chi connectivity index (χ2v) is 5.88. The molecule has 0 N–H and O–H groups in total. The molecule has 0 fully saturated rings. The van der Waals surface area contributed by atoms with Crippen LogP contribution >= 0.6 is 22.9 Å². The first-order valence-corrected chi connectivity index (χ1v) is 6.72. The van der Waals surface area contributed by atoms with Crippen molar-refractivity contribution in [2.75, 3.05) is 0 Å². The monoisotopic (exact) mass is 282 g/mol. The van der Waals surface area contributed by atoms with E-state index < -0.39 is 5.41 Å². The minimum Gasteiger partial charge on any atom is -0.292 e. The van der Waals surface area contributed by atoms with Crippen molar-refractivity contribution >= 4 is 28.7 Å². The van der Waals surface area contributed by atoms with Gasteiger partial charge in [0.25, 0.3) is 0 Å². The molecule has 4 heteroatoms. The van der Waals surface area contributed by atoms with Crippen molar-refractivity contribution in [1.29, 1.82) is 0 Å². The van der Waals surface area contributed by atoms with Gasteiger partial charge in [-0.25, -0.2) is 4.39 Å². The zero-order chi connectivity index (χ0) is 13.3. The van der Waals surface area contributed by atoms with E-state index in [-0.39, 0.29) is 11.6 Å². The van der Waals surface area contributed by atoms with E-state index in [1.807, 2.05) is 13.8 Å². The number of carbonyl (C=O) groups is 1. The zero-order valence-corrected chi connectivity index (χ0v) is 11.6. The van der Waals surface area contributed by atoms with Crippen LogP contribution in [0.15, 0.2) is 35.7 Å². The van der Waals surface area contributed by atoms with Crippen molar-refractivity contribution in [1.82, 2.24) is 0 Å². The molecule has 1 heterocycles. The third-order valence-electron chi connectivity index (χ3n) is 2.96. The maximum absolute atomic E-state index is 12.9. The Kier molecular flexibility index (Phi) is 3.55. The van der Waals surface area contributed by atoms with Crippen LogP contribution in [-0.4, -0.2) is 5.78 Å². The fourth-order valence-electron chi connectivity index (χ4n) is 1.74. The molecule has 2 aromatic rings. The van der Waals surface area contributed by atoms with Crippen LogP contribution in [0.4, 0.5) is 4.39 Å². The highest BCUT2D eigenvalue weighted by Gasteiger charge is 2.32. The third kappa shape index (κ3) is 2.33. The predicted octanol–water partition coefficient (Wildman–Crippen LogP) is 4.70. The van der Waals surface area contributed by atoms with Crippen LogP contribution in [0, 0.1) is 5.82 Å². The van der Waals surface area contributed by atoms with Gasteiger partial charge in [-0.05, 0) is 43.0 Å². The standard InChI is InChI=1S/C14H12ClFOS/c1-14(2,9-3-5-10(16)6-4-9)13(17)12-11(15)7-8-18-12/h3-8H,1-2H3. The van der Waals surface area contributed by atoms with Crippen LogP contribution < -0.4 is 0 Å². The molecule has 0 unspecified atom stereocenters. The van der Waals surface area contributed by atoms with Gasteiger partial charge in [-0.1, -0.05) is 23.7 Å². The highest BCUT2D eigenvalue weighted by molar-refractivity contribution is 7.12. The Morgan fingerprint density at radius 2 is 1.83 bits per heavy atom. The molecule has 0 amide bonds. The highest BCUT2D eigenvalue weighted by atomic mass is 35.5. The number of hydrogen-bond donors (Lipinski definition) is 0. The Morgan fingerprint density at radius 1 is 1.22 bits per heavy atom. The lowest BCUT2D eigenvalue weighted by Gasteiger charge is -2.23. The first kappa shape index (κ1) is 13.2. The largest absolute Gasteiger partial charge is 0.292 e. The molecule has 0 aliphatic rings. The van der Waals surface area contributed by atoms with E-state index in [2.05, 4.69) is 0 Å². The molecule has 1 aromatic carbocycles. The van der Waals surface area contributed by atoms with Crippen LogP contribution in [-0.2, 0) is 5.41 Å². The molecule has 0 saturated heterocycles. The first-order chi connectivity index (χ1) is 8.43. The lowest BCUT2D eigenvalue weighted by Crippen LogP contribution is -2.28. The van der Waals surface area contributed by atoms with Crippen LogP contribution in [0.2, 0.25) is 5.02 Å². The number of thiophene rings is 1. The summed E-state index contributed by atoms with van der Waals surface area (Å²) < 4.78 is 12.9. The first-order valence-electron chi connectivity index (χ1n) is 5.47. The normalized spacial score (nSPS) is 11.6. The SMILES string of the molecule is CC(C)(C(=O)c1sccc1Cl)c1ccc(F)cc1. The Balaban J connectivity index is 2.39. The molecular formula is C14H12ClFOS. The summed E-state index contributed by atoms with van der Waals surface area (Å²) >= 11 is 7.31. The lowest BCUT2D eigenvalue weighted by atomic mass is 9.80. The summed E-state index contributed by atoms with van der Waals surface area (Å²) in [5.74, 6) is -0.356. The van der Waals surface area contributed by atoms with Crippen molar-refractivity contribution in [3.63, 3.8) is 0 Å². The van der Waals surface area contributed by atoms with Gasteiger partial charge in [-0.15, -0.1) is 11.3 Å². The van der Waals surface area contributed by atoms with Gasteiger partial charge in [0.2, 0.25) is 0 Å². The maximum Gasteiger partial charge on any atom is 0.184 e. The van der Waals surface area contributed by atoms with Gasteiger partial charge in [0, 0.05) is 0 Å². The molecule has 2 rings (SSSR count). The summed E-state index contributed by atoms with van der Waals surface area (Å²) in [4.78, 5) is 13.0. The molecule has 94 valence electrons. The topological polar surface area (TPSA) is 17.1 Å². The van der Waals surface area contributed by atoms with Crippen LogP contribution in [0.1, 0.15) is 29.1 Å². The van der Waals surface area contributed by atoms with Crippen molar-refractivity contribution in [2.24, 2.45) is 0 Å². The second-order valence-electron chi connectivity index (χ2n) is 4.56. The molecule has 0 spiro atoms. The summed E-state index contributed by atoms with van der Waals surface area (Å²) in [5, 5.41) is 2.26. The number of Topliss-reactive ketones (excluding diaryl/α,β-unsaturated/α-hetero) is 1. The Morgan fingerprint density at radius 3 is 2.33 bits per heavy atom. The van der Waals surface area contributed by atoms with Crippen LogP contribution in [0.5, 0.6) is 0 Å². The molecule has 1 nitrogen and oxygen atoms in total. The van der Waals surface area contributed by atoms with Gasteiger partial charge >= 0.3 is 0 Å². The highest BCUT2D eigenvalue weighted by Crippen LogP contribution is 2.33. The Labute approximate surface area is 114 Å². The molecule has 0 saturated carbocycles. The summed E-state index contributed by atoms with van der Waals surface area (Å²) in [6.07, 6.45) is 0. The summed E-state index contributed by atoms with van der Waals surface area (Å²) in [5.41, 5.74) is 0.0562. The van der Waals surface area contributed by atoms with Crippen molar-refractivity contribution in [2.45, 2.75) is 19.3 Å². The average molecular weight is 283 g/mol.